The molecule has 0 spiro atoms. The van der Waals surface area contributed by atoms with Crippen molar-refractivity contribution in [3.8, 4) is 0 Å². The third-order valence-electron chi connectivity index (χ3n) is 1.67. The van der Waals surface area contributed by atoms with Crippen molar-refractivity contribution in [1.29, 1.82) is 0 Å². The second kappa shape index (κ2) is 4.35. The Morgan fingerprint density at radius 2 is 2.13 bits per heavy atom. The number of rotatable bonds is 3. The Kier molecular flexibility index (Phi) is 3.36. The molecule has 0 aliphatic heterocycles. The molecule has 0 fully saturated rings. The van der Waals surface area contributed by atoms with Gasteiger partial charge in [0, 0.05) is 18.9 Å². The van der Waals surface area contributed by atoms with Crippen molar-refractivity contribution < 1.29 is 4.92 Å². The second-order valence-corrected chi connectivity index (χ2v) is 3.87. The molecule has 0 radical (unpaired) electrons. The SMILES string of the molecule is CC(C)(N=Nc1cccc(Cl)c1)[N+](=O)[O-]. The number of azo groups is 1. The van der Waals surface area contributed by atoms with Gasteiger partial charge in [0.25, 0.3) is 0 Å². The average molecular weight is 228 g/mol. The van der Waals surface area contributed by atoms with E-state index in [1.165, 1.54) is 13.8 Å². The minimum Gasteiger partial charge on any atom is -0.262 e. The predicted molar refractivity (Wildman–Crippen MR) is 57.0 cm³/mol. The van der Waals surface area contributed by atoms with Crippen LogP contribution >= 0.6 is 11.6 Å². The summed E-state index contributed by atoms with van der Waals surface area (Å²) in [5.74, 6) is 0. The van der Waals surface area contributed by atoms with Gasteiger partial charge in [-0.25, -0.2) is 0 Å². The van der Waals surface area contributed by atoms with Crippen LogP contribution in [-0.2, 0) is 0 Å². The summed E-state index contributed by atoms with van der Waals surface area (Å²) in [4.78, 5) is 10.0. The third kappa shape index (κ3) is 3.28. The first-order valence-electron chi connectivity index (χ1n) is 4.25. The van der Waals surface area contributed by atoms with E-state index < -0.39 is 10.6 Å². The van der Waals surface area contributed by atoms with E-state index in [1.54, 1.807) is 24.3 Å². The number of hydrogen-bond acceptors (Lipinski definition) is 4. The van der Waals surface area contributed by atoms with Gasteiger partial charge < -0.3 is 0 Å². The molecule has 5 nitrogen and oxygen atoms in total. The molecule has 0 aromatic heterocycles. The molecule has 1 rings (SSSR count). The summed E-state index contributed by atoms with van der Waals surface area (Å²) in [6.07, 6.45) is 0. The Morgan fingerprint density at radius 1 is 1.47 bits per heavy atom. The zero-order chi connectivity index (χ0) is 11.5. The average Bonchev–Trinajstić information content (AvgIpc) is 2.15. The molecule has 0 atom stereocenters. The zero-order valence-corrected chi connectivity index (χ0v) is 9.10. The molecule has 0 aliphatic carbocycles. The molecule has 1 aromatic carbocycles. The summed E-state index contributed by atoms with van der Waals surface area (Å²) in [5, 5.41) is 18.4. The molecule has 0 aliphatic rings. The highest BCUT2D eigenvalue weighted by atomic mass is 35.5. The summed E-state index contributed by atoms with van der Waals surface area (Å²) in [6, 6.07) is 6.65. The van der Waals surface area contributed by atoms with E-state index in [1.807, 2.05) is 0 Å². The van der Waals surface area contributed by atoms with Crippen LogP contribution in [0.3, 0.4) is 0 Å². The van der Waals surface area contributed by atoms with Gasteiger partial charge in [0.15, 0.2) is 0 Å². The topological polar surface area (TPSA) is 67.9 Å². The molecule has 0 N–H and O–H groups in total. The van der Waals surface area contributed by atoms with E-state index in [-0.39, 0.29) is 0 Å². The van der Waals surface area contributed by atoms with Crippen LogP contribution in [0.25, 0.3) is 0 Å². The van der Waals surface area contributed by atoms with Crippen LogP contribution < -0.4 is 0 Å². The molecule has 6 heteroatoms. The van der Waals surface area contributed by atoms with Gasteiger partial charge in [-0.3, -0.25) is 10.1 Å². The Morgan fingerprint density at radius 3 is 2.67 bits per heavy atom. The molecular weight excluding hydrogens is 218 g/mol. The monoisotopic (exact) mass is 227 g/mol. The van der Waals surface area contributed by atoms with Crippen molar-refractivity contribution in [2.75, 3.05) is 0 Å². The summed E-state index contributed by atoms with van der Waals surface area (Å²) >= 11 is 5.72. The van der Waals surface area contributed by atoms with Gasteiger partial charge in [-0.05, 0) is 18.2 Å². The molecule has 0 unspecified atom stereocenters. The Labute approximate surface area is 91.9 Å². The highest BCUT2D eigenvalue weighted by Gasteiger charge is 2.29. The zero-order valence-electron chi connectivity index (χ0n) is 8.35. The van der Waals surface area contributed by atoms with Crippen molar-refractivity contribution >= 4 is 17.3 Å². The van der Waals surface area contributed by atoms with Gasteiger partial charge in [0.1, 0.15) is 0 Å². The maximum Gasteiger partial charge on any atom is 0.324 e. The first kappa shape index (κ1) is 11.6. The largest absolute Gasteiger partial charge is 0.324 e. The van der Waals surface area contributed by atoms with E-state index >= 15 is 0 Å². The molecule has 0 bridgehead atoms. The molecular formula is C9H10ClN3O2. The smallest absolute Gasteiger partial charge is 0.262 e. The van der Waals surface area contributed by atoms with Gasteiger partial charge in [-0.2, -0.15) is 0 Å². The Balaban J connectivity index is 2.86. The van der Waals surface area contributed by atoms with Crippen molar-refractivity contribution in [2.24, 2.45) is 10.2 Å². The van der Waals surface area contributed by atoms with Gasteiger partial charge in [-0.1, -0.05) is 17.7 Å². The number of nitrogens with zero attached hydrogens (tertiary/aromatic N) is 3. The summed E-state index contributed by atoms with van der Waals surface area (Å²) < 4.78 is 0. The molecule has 0 heterocycles. The van der Waals surface area contributed by atoms with Crippen LogP contribution in [0, 0.1) is 10.1 Å². The molecule has 0 amide bonds. The fourth-order valence-electron chi connectivity index (χ4n) is 0.755. The van der Waals surface area contributed by atoms with Crippen LogP contribution in [0.15, 0.2) is 34.5 Å². The molecule has 80 valence electrons. The molecule has 1 aromatic rings. The maximum atomic E-state index is 10.5. The van der Waals surface area contributed by atoms with E-state index in [4.69, 9.17) is 11.6 Å². The molecule has 0 saturated heterocycles. The highest BCUT2D eigenvalue weighted by Crippen LogP contribution is 2.20. The summed E-state index contributed by atoms with van der Waals surface area (Å²) in [7, 11) is 0. The maximum absolute atomic E-state index is 10.5. The van der Waals surface area contributed by atoms with Crippen molar-refractivity contribution in [1.82, 2.24) is 0 Å². The van der Waals surface area contributed by atoms with Crippen molar-refractivity contribution in [3.63, 3.8) is 0 Å². The minimum absolute atomic E-state index is 0.498. The standard InChI is InChI=1S/C9H10ClN3O2/c1-9(2,13(14)15)12-11-8-5-3-4-7(10)6-8/h3-6H,1-2H3. The van der Waals surface area contributed by atoms with Crippen LogP contribution in [-0.4, -0.2) is 10.6 Å². The lowest BCUT2D eigenvalue weighted by molar-refractivity contribution is -0.559. The Bertz CT molecular complexity index is 404. The summed E-state index contributed by atoms with van der Waals surface area (Å²) in [5.41, 5.74) is -0.917. The van der Waals surface area contributed by atoms with E-state index in [0.717, 1.165) is 0 Å². The minimum atomic E-state index is -1.41. The fraction of sp³-hybridized carbons (Fsp3) is 0.333. The van der Waals surface area contributed by atoms with Gasteiger partial charge >= 0.3 is 5.66 Å². The summed E-state index contributed by atoms with van der Waals surface area (Å²) in [6.45, 7) is 2.75. The molecule has 0 saturated carbocycles. The van der Waals surface area contributed by atoms with Crippen LogP contribution in [0.1, 0.15) is 13.8 Å². The normalized spacial score (nSPS) is 11.9. The number of hydrogen-bond donors (Lipinski definition) is 0. The first-order chi connectivity index (χ1) is 6.92. The number of benzene rings is 1. The lowest BCUT2D eigenvalue weighted by Crippen LogP contribution is -2.27. The fourth-order valence-corrected chi connectivity index (χ4v) is 0.939. The third-order valence-corrected chi connectivity index (χ3v) is 1.90. The van der Waals surface area contributed by atoms with Crippen LogP contribution in [0.5, 0.6) is 0 Å². The second-order valence-electron chi connectivity index (χ2n) is 3.43. The van der Waals surface area contributed by atoms with Crippen molar-refractivity contribution in [3.05, 3.63) is 39.4 Å². The Hall–Kier alpha value is -1.49. The van der Waals surface area contributed by atoms with Gasteiger partial charge in [0.2, 0.25) is 0 Å². The number of nitro groups is 1. The number of halogens is 1. The van der Waals surface area contributed by atoms with E-state index in [9.17, 15) is 10.1 Å². The first-order valence-corrected chi connectivity index (χ1v) is 4.62. The van der Waals surface area contributed by atoms with Crippen LogP contribution in [0.4, 0.5) is 5.69 Å². The lowest BCUT2D eigenvalue weighted by Gasteiger charge is -2.07. The quantitative estimate of drug-likeness (QED) is 0.451. The van der Waals surface area contributed by atoms with E-state index in [2.05, 4.69) is 10.2 Å². The lowest BCUT2D eigenvalue weighted by atomic mass is 10.3. The predicted octanol–water partition coefficient (Wildman–Crippen LogP) is 3.44. The van der Waals surface area contributed by atoms with Gasteiger partial charge in [0.05, 0.1) is 10.6 Å². The highest BCUT2D eigenvalue weighted by molar-refractivity contribution is 6.30. The van der Waals surface area contributed by atoms with E-state index in [0.29, 0.717) is 10.7 Å². The van der Waals surface area contributed by atoms with Crippen molar-refractivity contribution in [2.45, 2.75) is 19.5 Å². The molecule has 15 heavy (non-hydrogen) atoms. The van der Waals surface area contributed by atoms with Gasteiger partial charge in [-0.15, -0.1) is 10.2 Å². The van der Waals surface area contributed by atoms with Crippen LogP contribution in [0.2, 0.25) is 5.02 Å².